The number of hydrogen-bond donors (Lipinski definition) is 0. The number of alkyl halides is 3. The van der Waals surface area contributed by atoms with Gasteiger partial charge in [0.05, 0.1) is 11.2 Å². The summed E-state index contributed by atoms with van der Waals surface area (Å²) < 4.78 is 39.1. The van der Waals surface area contributed by atoms with Crippen molar-refractivity contribution in [1.29, 1.82) is 5.26 Å². The fourth-order valence-corrected chi connectivity index (χ4v) is 1.08. The van der Waals surface area contributed by atoms with Gasteiger partial charge in [0.1, 0.15) is 16.8 Å². The summed E-state index contributed by atoms with van der Waals surface area (Å²) >= 11 is 10.9. The molecule has 3 nitrogen and oxygen atoms in total. The first kappa shape index (κ1) is 11.9. The summed E-state index contributed by atoms with van der Waals surface area (Å²) in [5.74, 6) is -0.778. The van der Waals surface area contributed by atoms with Gasteiger partial charge in [-0.25, -0.2) is 4.98 Å². The van der Waals surface area contributed by atoms with Gasteiger partial charge in [-0.3, -0.25) is 0 Å². The van der Waals surface area contributed by atoms with E-state index in [4.69, 9.17) is 28.5 Å². The van der Waals surface area contributed by atoms with E-state index in [0.29, 0.717) is 6.20 Å². The van der Waals surface area contributed by atoms with Crippen LogP contribution >= 0.6 is 23.2 Å². The largest absolute Gasteiger partial charge is 0.573 e. The van der Waals surface area contributed by atoms with E-state index in [2.05, 4.69) is 9.72 Å². The molecule has 8 heteroatoms. The van der Waals surface area contributed by atoms with Crippen LogP contribution in [0, 0.1) is 11.3 Å². The standard InChI is InChI=1S/C7HCl2F3N2O/c8-5-3(1-13)4(2-14-6(5)9)15-7(10,11)12/h2H. The Morgan fingerprint density at radius 2 is 2.00 bits per heavy atom. The minimum absolute atomic E-state index is 0.261. The Kier molecular flexibility index (Phi) is 3.27. The summed E-state index contributed by atoms with van der Waals surface area (Å²) in [6, 6.07) is 1.45. The van der Waals surface area contributed by atoms with E-state index in [1.807, 2.05) is 0 Å². The molecule has 0 unspecified atom stereocenters. The van der Waals surface area contributed by atoms with Crippen LogP contribution in [-0.2, 0) is 0 Å². The van der Waals surface area contributed by atoms with Crippen LogP contribution in [0.1, 0.15) is 5.56 Å². The molecule has 1 rings (SSSR count). The second kappa shape index (κ2) is 4.13. The lowest BCUT2D eigenvalue weighted by molar-refractivity contribution is -0.274. The zero-order valence-electron chi connectivity index (χ0n) is 6.77. The molecule has 0 N–H and O–H groups in total. The fourth-order valence-electron chi connectivity index (χ4n) is 0.754. The molecule has 1 aromatic heterocycles. The number of ether oxygens (including phenoxy) is 1. The van der Waals surface area contributed by atoms with Gasteiger partial charge in [0, 0.05) is 0 Å². The van der Waals surface area contributed by atoms with E-state index in [-0.39, 0.29) is 10.2 Å². The smallest absolute Gasteiger partial charge is 0.403 e. The molecular formula is C7HCl2F3N2O. The van der Waals surface area contributed by atoms with Gasteiger partial charge in [-0.1, -0.05) is 23.2 Å². The summed E-state index contributed by atoms with van der Waals surface area (Å²) in [5.41, 5.74) is -0.506. The SMILES string of the molecule is N#Cc1c(OC(F)(F)F)cnc(Cl)c1Cl. The maximum atomic E-state index is 11.9. The minimum atomic E-state index is -4.91. The molecule has 0 aliphatic rings. The van der Waals surface area contributed by atoms with Crippen LogP contribution in [0.4, 0.5) is 13.2 Å². The van der Waals surface area contributed by atoms with Crippen LogP contribution in [0.2, 0.25) is 10.2 Å². The van der Waals surface area contributed by atoms with Crippen molar-refractivity contribution < 1.29 is 17.9 Å². The second-order valence-electron chi connectivity index (χ2n) is 2.26. The lowest BCUT2D eigenvalue weighted by Crippen LogP contribution is -2.18. The Labute approximate surface area is 92.0 Å². The average molecular weight is 257 g/mol. The highest BCUT2D eigenvalue weighted by molar-refractivity contribution is 6.42. The first-order valence-electron chi connectivity index (χ1n) is 3.35. The molecule has 0 bridgehead atoms. The predicted octanol–water partition coefficient (Wildman–Crippen LogP) is 3.16. The molecule has 15 heavy (non-hydrogen) atoms. The highest BCUT2D eigenvalue weighted by atomic mass is 35.5. The van der Waals surface area contributed by atoms with Crippen molar-refractivity contribution in [3.05, 3.63) is 21.9 Å². The van der Waals surface area contributed by atoms with E-state index >= 15 is 0 Å². The molecule has 1 heterocycles. The van der Waals surface area contributed by atoms with Crippen LogP contribution in [-0.4, -0.2) is 11.3 Å². The minimum Gasteiger partial charge on any atom is -0.403 e. The molecule has 0 aromatic carbocycles. The number of halogens is 5. The Bertz CT molecular complexity index is 427. The number of hydrogen-bond acceptors (Lipinski definition) is 3. The number of nitrogens with zero attached hydrogens (tertiary/aromatic N) is 2. The molecule has 0 aliphatic heterocycles. The maximum Gasteiger partial charge on any atom is 0.573 e. The molecule has 0 saturated carbocycles. The van der Waals surface area contributed by atoms with Crippen molar-refractivity contribution in [2.45, 2.75) is 6.36 Å². The maximum absolute atomic E-state index is 11.9. The average Bonchev–Trinajstić information content (AvgIpc) is 2.10. The van der Waals surface area contributed by atoms with Crippen molar-refractivity contribution in [2.24, 2.45) is 0 Å². The Morgan fingerprint density at radius 3 is 2.47 bits per heavy atom. The van der Waals surface area contributed by atoms with Crippen molar-refractivity contribution in [3.63, 3.8) is 0 Å². The Morgan fingerprint density at radius 1 is 1.40 bits per heavy atom. The van der Waals surface area contributed by atoms with Gasteiger partial charge in [0.15, 0.2) is 5.75 Å². The first-order valence-corrected chi connectivity index (χ1v) is 4.10. The topological polar surface area (TPSA) is 45.9 Å². The second-order valence-corrected chi connectivity index (χ2v) is 3.00. The number of nitriles is 1. The monoisotopic (exact) mass is 256 g/mol. The molecule has 80 valence electrons. The van der Waals surface area contributed by atoms with Gasteiger partial charge in [0.2, 0.25) is 0 Å². The third-order valence-corrected chi connectivity index (χ3v) is 2.03. The third-order valence-electron chi connectivity index (χ3n) is 1.28. The van der Waals surface area contributed by atoms with Gasteiger partial charge < -0.3 is 4.74 Å². The molecule has 0 atom stereocenters. The van der Waals surface area contributed by atoms with Crippen LogP contribution < -0.4 is 4.74 Å². The van der Waals surface area contributed by atoms with E-state index < -0.39 is 17.7 Å². The van der Waals surface area contributed by atoms with Crippen LogP contribution in [0.5, 0.6) is 5.75 Å². The van der Waals surface area contributed by atoms with E-state index in [1.54, 1.807) is 0 Å². The van der Waals surface area contributed by atoms with Crippen molar-refractivity contribution >= 4 is 23.2 Å². The molecule has 0 radical (unpaired) electrons. The van der Waals surface area contributed by atoms with Crippen LogP contribution in [0.15, 0.2) is 6.20 Å². The Hall–Kier alpha value is -1.19. The molecule has 0 spiro atoms. The molecule has 0 aliphatic carbocycles. The highest BCUT2D eigenvalue weighted by Crippen LogP contribution is 2.33. The molecule has 0 amide bonds. The van der Waals surface area contributed by atoms with Crippen molar-refractivity contribution in [2.75, 3.05) is 0 Å². The lowest BCUT2D eigenvalue weighted by atomic mass is 10.3. The summed E-state index contributed by atoms with van der Waals surface area (Å²) in [7, 11) is 0. The molecular weight excluding hydrogens is 256 g/mol. The van der Waals surface area contributed by atoms with Crippen LogP contribution in [0.3, 0.4) is 0 Å². The third kappa shape index (κ3) is 2.88. The molecule has 0 saturated heterocycles. The fraction of sp³-hybridized carbons (Fsp3) is 0.143. The first-order chi connectivity index (χ1) is 6.85. The van der Waals surface area contributed by atoms with Crippen molar-refractivity contribution in [1.82, 2.24) is 4.98 Å². The predicted molar refractivity (Wildman–Crippen MR) is 45.7 cm³/mol. The van der Waals surface area contributed by atoms with E-state index in [1.165, 1.54) is 6.07 Å². The highest BCUT2D eigenvalue weighted by Gasteiger charge is 2.33. The molecule has 1 aromatic rings. The van der Waals surface area contributed by atoms with Gasteiger partial charge in [0.25, 0.3) is 0 Å². The summed E-state index contributed by atoms with van der Waals surface area (Å²) in [5, 5.41) is 7.92. The molecule has 0 fully saturated rings. The summed E-state index contributed by atoms with van der Waals surface area (Å²) in [4.78, 5) is 3.33. The number of aromatic nitrogens is 1. The van der Waals surface area contributed by atoms with E-state index in [0.717, 1.165) is 0 Å². The zero-order chi connectivity index (χ0) is 11.6. The summed E-state index contributed by atoms with van der Waals surface area (Å²) in [6.45, 7) is 0. The van der Waals surface area contributed by atoms with Crippen molar-refractivity contribution in [3.8, 4) is 11.8 Å². The lowest BCUT2D eigenvalue weighted by Gasteiger charge is -2.10. The number of rotatable bonds is 1. The van der Waals surface area contributed by atoms with Gasteiger partial charge in [-0.05, 0) is 0 Å². The van der Waals surface area contributed by atoms with Gasteiger partial charge >= 0.3 is 6.36 Å². The zero-order valence-corrected chi connectivity index (χ0v) is 8.28. The number of pyridine rings is 1. The Balaban J connectivity index is 3.21. The normalized spacial score (nSPS) is 10.9. The van der Waals surface area contributed by atoms with Crippen LogP contribution in [0.25, 0.3) is 0 Å². The van der Waals surface area contributed by atoms with Gasteiger partial charge in [-0.2, -0.15) is 5.26 Å². The van der Waals surface area contributed by atoms with E-state index in [9.17, 15) is 13.2 Å². The summed E-state index contributed by atoms with van der Waals surface area (Å²) in [6.07, 6.45) is -4.23. The van der Waals surface area contributed by atoms with Gasteiger partial charge in [-0.15, -0.1) is 13.2 Å². The quantitative estimate of drug-likeness (QED) is 0.726.